The second-order valence-electron chi connectivity index (χ2n) is 0. The molecular weight excluding hydrogens is 1850 g/mol. The van der Waals surface area contributed by atoms with E-state index in [2.05, 4.69) is 0 Å². The van der Waals surface area contributed by atoms with Crippen LogP contribution in [0.1, 0.15) is 0 Å². The molecule has 0 saturated carbocycles. The summed E-state index contributed by atoms with van der Waals surface area (Å²) in [5.74, 6) is 0. The van der Waals surface area contributed by atoms with Gasteiger partial charge >= 0.3 is 0 Å². The Kier molecular flexibility index (Phi) is 1080. The zero-order valence-electron chi connectivity index (χ0n) is 9.32. The minimum Gasteiger partial charge on any atom is 0 e. The summed E-state index contributed by atoms with van der Waals surface area (Å²) in [5, 5.41) is 0. The largest absolute Gasteiger partial charge is 0 e. The maximum Gasteiger partial charge on any atom is 0 e. The van der Waals surface area contributed by atoms with Crippen molar-refractivity contribution in [3.63, 3.8) is 0 Å². The molecular formula is Sm2Zr17. The van der Waals surface area contributed by atoms with Crippen molar-refractivity contribution in [1.29, 1.82) is 0 Å². The van der Waals surface area contributed by atoms with E-state index in [4.69, 9.17) is 0 Å². The third-order valence-electron chi connectivity index (χ3n) is 0. The van der Waals surface area contributed by atoms with Gasteiger partial charge in [0.1, 0.15) is 0 Å². The van der Waals surface area contributed by atoms with E-state index < -0.39 is 0 Å². The zero-order chi connectivity index (χ0) is 0. The Morgan fingerprint density at radius 2 is 0.105 bits per heavy atom. The van der Waals surface area contributed by atoms with Crippen molar-refractivity contribution < 1.29 is 526 Å². The first-order valence-corrected chi connectivity index (χ1v) is 0. The van der Waals surface area contributed by atoms with Crippen molar-refractivity contribution >= 4 is 0 Å². The molecule has 0 heterocycles. The van der Waals surface area contributed by atoms with Crippen LogP contribution in [0.15, 0.2) is 0 Å². The Balaban J connectivity index is 0. The molecule has 0 unspecified atom stereocenters. The van der Waals surface area contributed by atoms with Crippen LogP contribution >= 0.6 is 0 Å². The fraction of sp³-hybridized carbons (Fsp3) is 0. The second kappa shape index (κ2) is 137. The van der Waals surface area contributed by atoms with Crippen LogP contribution in [0, 0.1) is 80.8 Å². The van der Waals surface area contributed by atoms with Crippen molar-refractivity contribution in [2.24, 2.45) is 0 Å². The van der Waals surface area contributed by atoms with Gasteiger partial charge in [-0.05, 0) is 0 Å². The molecule has 0 aromatic carbocycles. The molecule has 0 amide bonds. The molecule has 0 rings (SSSR count). The fourth-order valence-electron chi connectivity index (χ4n) is 0. The molecule has 19 heavy (non-hydrogen) atoms. The molecule has 0 aliphatic rings. The maximum absolute atomic E-state index is 0. The van der Waals surface area contributed by atoms with Crippen molar-refractivity contribution in [1.82, 2.24) is 0 Å². The molecule has 0 aliphatic heterocycles. The van der Waals surface area contributed by atoms with E-state index in [0.29, 0.717) is 0 Å². The Hall–Kier alpha value is 17.7. The topological polar surface area (TPSA) is 0 Å². The fourth-order valence-corrected chi connectivity index (χ4v) is 0. The third kappa shape index (κ3) is 129. The molecule has 0 aliphatic carbocycles. The van der Waals surface area contributed by atoms with Crippen molar-refractivity contribution in [3.8, 4) is 0 Å². The van der Waals surface area contributed by atoms with Crippen LogP contribution in [-0.2, 0) is 445 Å². The van der Waals surface area contributed by atoms with Gasteiger partial charge < -0.3 is 0 Å². The summed E-state index contributed by atoms with van der Waals surface area (Å²) in [6, 6.07) is 0. The van der Waals surface area contributed by atoms with Gasteiger partial charge in [0.25, 0.3) is 0 Å². The van der Waals surface area contributed by atoms with Crippen LogP contribution in [-0.4, -0.2) is 0 Å². The molecule has 0 radical (unpaired) electrons. The summed E-state index contributed by atoms with van der Waals surface area (Å²) in [6.07, 6.45) is 0. The van der Waals surface area contributed by atoms with E-state index >= 15 is 0 Å². The number of rotatable bonds is 0. The Morgan fingerprint density at radius 1 is 0.105 bits per heavy atom. The van der Waals surface area contributed by atoms with Crippen LogP contribution in [0.4, 0.5) is 0 Å². The minimum absolute atomic E-state index is 0. The van der Waals surface area contributed by atoms with Gasteiger partial charge in [-0.15, -0.1) is 0 Å². The van der Waals surface area contributed by atoms with Crippen LogP contribution < -0.4 is 0 Å². The van der Waals surface area contributed by atoms with Gasteiger partial charge in [0.05, 0.1) is 0 Å². The van der Waals surface area contributed by atoms with Crippen molar-refractivity contribution in [2.45, 2.75) is 0 Å². The normalized spacial score (nSPS) is 0. The molecule has 0 aromatic rings. The van der Waals surface area contributed by atoms with E-state index in [1.165, 1.54) is 0 Å². The molecule has 19 heteroatoms. The van der Waals surface area contributed by atoms with E-state index in [0.717, 1.165) is 0 Å². The first-order valence-electron chi connectivity index (χ1n) is 0. The predicted octanol–water partition coefficient (Wildman–Crippen LogP) is -0.0425. The average Bonchev–Trinajstić information content (AvgIpc) is 0. The van der Waals surface area contributed by atoms with Crippen molar-refractivity contribution in [2.75, 3.05) is 0 Å². The smallest absolute Gasteiger partial charge is 0 e. The Morgan fingerprint density at radius 3 is 0.105 bits per heavy atom. The van der Waals surface area contributed by atoms with Gasteiger partial charge in [-0.25, -0.2) is 0 Å². The molecule has 0 aromatic heterocycles. The average molecular weight is 1850 g/mol. The Labute approximate surface area is 508 Å². The molecule has 0 bridgehead atoms. The first kappa shape index (κ1) is 149. The predicted molar refractivity (Wildman–Crippen MR) is 0 cm³/mol. The summed E-state index contributed by atoms with van der Waals surface area (Å²) < 4.78 is 0. The molecule has 0 atom stereocenters. The minimum atomic E-state index is 0. The quantitative estimate of drug-likeness (QED) is 0.320. The van der Waals surface area contributed by atoms with Crippen molar-refractivity contribution in [3.05, 3.63) is 0 Å². The summed E-state index contributed by atoms with van der Waals surface area (Å²) >= 11 is 0. The summed E-state index contributed by atoms with van der Waals surface area (Å²) in [4.78, 5) is 0. The molecule has 0 N–H and O–H groups in total. The third-order valence-corrected chi connectivity index (χ3v) is 0. The summed E-state index contributed by atoms with van der Waals surface area (Å²) in [6.45, 7) is 0. The molecule has 80 valence electrons. The van der Waals surface area contributed by atoms with E-state index in [-0.39, 0.29) is 526 Å². The van der Waals surface area contributed by atoms with E-state index in [1.807, 2.05) is 0 Å². The van der Waals surface area contributed by atoms with Crippen LogP contribution in [0.3, 0.4) is 0 Å². The van der Waals surface area contributed by atoms with E-state index in [9.17, 15) is 0 Å². The SMILES string of the molecule is [Sm].[Sm].[Zr].[Zr].[Zr].[Zr].[Zr].[Zr].[Zr].[Zr].[Zr].[Zr].[Zr].[Zr].[Zr].[Zr].[Zr].[Zr].[Zr]. The molecule has 0 saturated heterocycles. The second-order valence-corrected chi connectivity index (χ2v) is 0. The number of hydrogen-bond acceptors (Lipinski definition) is 0. The number of hydrogen-bond donors (Lipinski definition) is 0. The zero-order valence-corrected chi connectivity index (χ0v) is 56.3. The Bertz CT molecular complexity index is 9.22. The maximum atomic E-state index is 0. The molecule has 0 spiro atoms. The molecule has 0 nitrogen and oxygen atoms in total. The van der Waals surface area contributed by atoms with Gasteiger partial charge in [-0.1, -0.05) is 0 Å². The van der Waals surface area contributed by atoms with Crippen LogP contribution in [0.25, 0.3) is 0 Å². The van der Waals surface area contributed by atoms with Gasteiger partial charge in [-0.2, -0.15) is 0 Å². The van der Waals surface area contributed by atoms with Gasteiger partial charge in [0.15, 0.2) is 0 Å². The summed E-state index contributed by atoms with van der Waals surface area (Å²) in [5.41, 5.74) is 0. The standard InChI is InChI=1S/2Sm.17Zr. The van der Waals surface area contributed by atoms with E-state index in [1.54, 1.807) is 0 Å². The first-order chi connectivity index (χ1) is 0. The monoisotopic (exact) mass is 1830 g/mol. The molecule has 0 fully saturated rings. The summed E-state index contributed by atoms with van der Waals surface area (Å²) in [7, 11) is 0. The van der Waals surface area contributed by atoms with Crippen LogP contribution in [0.2, 0.25) is 0 Å². The van der Waals surface area contributed by atoms with Gasteiger partial charge in [0.2, 0.25) is 0 Å². The van der Waals surface area contributed by atoms with Gasteiger partial charge in [-0.3, -0.25) is 0 Å². The van der Waals surface area contributed by atoms with Gasteiger partial charge in [0, 0.05) is 526 Å². The van der Waals surface area contributed by atoms with Crippen LogP contribution in [0.5, 0.6) is 0 Å².